The zero-order valence-electron chi connectivity index (χ0n) is 21.1. The summed E-state index contributed by atoms with van der Waals surface area (Å²) in [7, 11) is 0. The molecule has 0 saturated carbocycles. The van der Waals surface area contributed by atoms with Crippen LogP contribution >= 0.6 is 0 Å². The lowest BCUT2D eigenvalue weighted by Gasteiger charge is -2.18. The average molecular weight is 437 g/mol. The highest BCUT2D eigenvalue weighted by molar-refractivity contribution is 5.65. The van der Waals surface area contributed by atoms with E-state index in [9.17, 15) is 0 Å². The molecule has 0 N–H and O–H groups in total. The monoisotopic (exact) mass is 436 g/mol. The molecule has 0 unspecified atom stereocenters. The zero-order valence-corrected chi connectivity index (χ0v) is 21.1. The first-order chi connectivity index (χ1) is 15.5. The van der Waals surface area contributed by atoms with Crippen molar-refractivity contribution in [1.82, 2.24) is 0 Å². The van der Waals surface area contributed by atoms with Crippen LogP contribution in [0.1, 0.15) is 58.2 Å². The summed E-state index contributed by atoms with van der Waals surface area (Å²) in [6.07, 6.45) is 8.66. The van der Waals surface area contributed by atoms with Crippen molar-refractivity contribution in [3.63, 3.8) is 0 Å². The number of aromatic nitrogens is 2. The summed E-state index contributed by atoms with van der Waals surface area (Å²) in [5.41, 5.74) is 9.14. The highest BCUT2D eigenvalue weighted by atomic mass is 14.9. The van der Waals surface area contributed by atoms with Gasteiger partial charge < -0.3 is 0 Å². The highest BCUT2D eigenvalue weighted by Crippen LogP contribution is 2.25. The second-order valence-electron chi connectivity index (χ2n) is 11.0. The molecule has 2 aromatic heterocycles. The summed E-state index contributed by atoms with van der Waals surface area (Å²) in [6, 6.07) is 24.3. The van der Waals surface area contributed by atoms with Crippen molar-refractivity contribution >= 4 is 0 Å². The van der Waals surface area contributed by atoms with Crippen LogP contribution in [0.3, 0.4) is 0 Å². The Kier molecular flexibility index (Phi) is 5.97. The third-order valence-corrected chi connectivity index (χ3v) is 6.36. The maximum absolute atomic E-state index is 2.25. The van der Waals surface area contributed by atoms with Gasteiger partial charge in [-0.3, -0.25) is 0 Å². The number of rotatable bonds is 3. The molecule has 0 bridgehead atoms. The molecule has 0 aliphatic rings. The Hall–Kier alpha value is -3.26. The van der Waals surface area contributed by atoms with Crippen LogP contribution in [0.25, 0.3) is 22.5 Å². The summed E-state index contributed by atoms with van der Waals surface area (Å²) in [6.45, 7) is 15.7. The van der Waals surface area contributed by atoms with Crippen LogP contribution < -0.4 is 9.13 Å². The van der Waals surface area contributed by atoms with Crippen LogP contribution in [-0.2, 0) is 10.8 Å². The fraction of sp³-hybridized carbons (Fsp3) is 0.290. The van der Waals surface area contributed by atoms with E-state index in [-0.39, 0.29) is 10.8 Å². The normalized spacial score (nSPS) is 12.1. The van der Waals surface area contributed by atoms with E-state index >= 15 is 0 Å². The second kappa shape index (κ2) is 8.59. The summed E-state index contributed by atoms with van der Waals surface area (Å²) in [5.74, 6) is 0. The molecule has 2 heterocycles. The number of aryl methyl sites for hydroxylation is 1. The first kappa shape index (κ1) is 22.9. The molecular formula is C31H36N2+2. The molecule has 0 amide bonds. The van der Waals surface area contributed by atoms with Crippen LogP contribution in [0.5, 0.6) is 0 Å². The van der Waals surface area contributed by atoms with Crippen molar-refractivity contribution in [3.05, 3.63) is 108 Å². The van der Waals surface area contributed by atoms with Gasteiger partial charge in [0.1, 0.15) is 0 Å². The maximum atomic E-state index is 2.25. The molecule has 0 radical (unpaired) electrons. The number of hydrogen-bond donors (Lipinski definition) is 0. The maximum Gasteiger partial charge on any atom is 0.210 e. The van der Waals surface area contributed by atoms with Gasteiger partial charge in [0.25, 0.3) is 0 Å². The number of hydrogen-bond acceptors (Lipinski definition) is 0. The van der Waals surface area contributed by atoms with E-state index < -0.39 is 0 Å². The zero-order chi connectivity index (χ0) is 23.8. The van der Waals surface area contributed by atoms with Crippen molar-refractivity contribution in [1.29, 1.82) is 0 Å². The summed E-state index contributed by atoms with van der Waals surface area (Å²) in [4.78, 5) is 0. The standard InChI is InChI=1S/C31H36N2/c1-23-22-33(28-14-10-26(11-15-28)31(5,6)7)21-18-29(23)24-16-19-32(20-17-24)27-12-8-25(9-13-27)30(2,3)4/h8-22H,1-7H3/q+2. The molecule has 4 aromatic rings. The molecule has 0 saturated heterocycles. The fourth-order valence-corrected chi connectivity index (χ4v) is 4.14. The molecule has 0 aliphatic heterocycles. The smallest absolute Gasteiger partial charge is 0.167 e. The first-order valence-electron chi connectivity index (χ1n) is 11.8. The Morgan fingerprint density at radius 2 is 0.939 bits per heavy atom. The van der Waals surface area contributed by atoms with Gasteiger partial charge in [0.05, 0.1) is 0 Å². The van der Waals surface area contributed by atoms with E-state index in [0.717, 1.165) is 0 Å². The van der Waals surface area contributed by atoms with E-state index in [0.29, 0.717) is 0 Å². The van der Waals surface area contributed by atoms with Gasteiger partial charge in [-0.15, -0.1) is 0 Å². The van der Waals surface area contributed by atoms with E-state index in [4.69, 9.17) is 0 Å². The SMILES string of the molecule is Cc1c[n+](-c2ccc(C(C)(C)C)cc2)ccc1-c1cc[n+](-c2ccc(C(C)(C)C)cc2)cc1. The molecule has 2 nitrogen and oxygen atoms in total. The van der Waals surface area contributed by atoms with Crippen molar-refractivity contribution in [2.45, 2.75) is 59.3 Å². The topological polar surface area (TPSA) is 7.76 Å². The molecular weight excluding hydrogens is 400 g/mol. The first-order valence-corrected chi connectivity index (χ1v) is 11.8. The molecule has 168 valence electrons. The van der Waals surface area contributed by atoms with E-state index in [1.165, 1.54) is 39.2 Å². The Labute approximate surface area is 199 Å². The van der Waals surface area contributed by atoms with Gasteiger partial charge in [0, 0.05) is 48.0 Å². The molecule has 0 atom stereocenters. The predicted octanol–water partition coefficient (Wildman–Crippen LogP) is 6.81. The molecule has 4 rings (SSSR count). The van der Waals surface area contributed by atoms with Crippen LogP contribution in [0, 0.1) is 6.92 Å². The lowest BCUT2D eigenvalue weighted by Crippen LogP contribution is -2.30. The van der Waals surface area contributed by atoms with E-state index in [1.807, 2.05) is 0 Å². The Bertz CT molecular complexity index is 1240. The fourth-order valence-electron chi connectivity index (χ4n) is 4.14. The molecule has 33 heavy (non-hydrogen) atoms. The Morgan fingerprint density at radius 1 is 0.515 bits per heavy atom. The van der Waals surface area contributed by atoms with Gasteiger partial charge in [-0.05, 0) is 40.0 Å². The van der Waals surface area contributed by atoms with Crippen LogP contribution in [0.2, 0.25) is 0 Å². The third-order valence-electron chi connectivity index (χ3n) is 6.36. The lowest BCUT2D eigenvalue weighted by atomic mass is 9.87. The summed E-state index contributed by atoms with van der Waals surface area (Å²) < 4.78 is 4.37. The van der Waals surface area contributed by atoms with Gasteiger partial charge in [-0.25, -0.2) is 0 Å². The molecule has 2 aromatic carbocycles. The van der Waals surface area contributed by atoms with Gasteiger partial charge in [-0.2, -0.15) is 9.13 Å². The predicted molar refractivity (Wildman–Crippen MR) is 137 cm³/mol. The number of pyridine rings is 2. The largest absolute Gasteiger partial charge is 0.210 e. The van der Waals surface area contributed by atoms with Crippen LogP contribution in [0.15, 0.2) is 91.5 Å². The van der Waals surface area contributed by atoms with Crippen molar-refractivity contribution in [2.75, 3.05) is 0 Å². The van der Waals surface area contributed by atoms with Gasteiger partial charge in [0.15, 0.2) is 24.8 Å². The van der Waals surface area contributed by atoms with Gasteiger partial charge in [-0.1, -0.05) is 65.8 Å². The average Bonchev–Trinajstić information content (AvgIpc) is 2.78. The van der Waals surface area contributed by atoms with Gasteiger partial charge in [0.2, 0.25) is 11.4 Å². The summed E-state index contributed by atoms with van der Waals surface area (Å²) in [5, 5.41) is 0. The van der Waals surface area contributed by atoms with Crippen LogP contribution in [0.4, 0.5) is 0 Å². The Balaban J connectivity index is 1.56. The van der Waals surface area contributed by atoms with E-state index in [2.05, 4.69) is 149 Å². The lowest BCUT2D eigenvalue weighted by molar-refractivity contribution is -0.596. The quantitative estimate of drug-likeness (QED) is 0.312. The third kappa shape index (κ3) is 5.06. The molecule has 0 fully saturated rings. The minimum absolute atomic E-state index is 0.168. The molecule has 2 heteroatoms. The van der Waals surface area contributed by atoms with Crippen LogP contribution in [-0.4, -0.2) is 0 Å². The second-order valence-corrected chi connectivity index (χ2v) is 11.0. The van der Waals surface area contributed by atoms with Crippen molar-refractivity contribution in [2.24, 2.45) is 0 Å². The Morgan fingerprint density at radius 3 is 1.36 bits per heavy atom. The highest BCUT2D eigenvalue weighted by Gasteiger charge is 2.17. The number of benzene rings is 2. The van der Waals surface area contributed by atoms with Gasteiger partial charge >= 0.3 is 0 Å². The summed E-state index contributed by atoms with van der Waals surface area (Å²) >= 11 is 0. The minimum Gasteiger partial charge on any atom is -0.167 e. The number of nitrogens with zero attached hydrogens (tertiary/aromatic N) is 2. The minimum atomic E-state index is 0.168. The molecule has 0 spiro atoms. The van der Waals surface area contributed by atoms with Crippen molar-refractivity contribution in [3.8, 4) is 22.5 Å². The van der Waals surface area contributed by atoms with Crippen molar-refractivity contribution < 1.29 is 9.13 Å². The van der Waals surface area contributed by atoms with E-state index in [1.54, 1.807) is 0 Å². The molecule has 0 aliphatic carbocycles.